The van der Waals surface area contributed by atoms with Crippen molar-refractivity contribution in [3.63, 3.8) is 0 Å². The topological polar surface area (TPSA) is 49.0 Å². The van der Waals surface area contributed by atoms with E-state index in [4.69, 9.17) is 0 Å². The van der Waals surface area contributed by atoms with Gasteiger partial charge in [-0.15, -0.1) is 0 Å². The lowest BCUT2D eigenvalue weighted by Crippen LogP contribution is -2.41. The fourth-order valence-electron chi connectivity index (χ4n) is 3.20. The standard InChI is InChI=1S/C16H21N3O/c1-2-19(14-6-4-3-5-7-14)16(20)12-8-9-13-11-17-18-15(13)10-12/h8-11,14H,2-7H2,1H3,(H,17,18). The third-order valence-corrected chi connectivity index (χ3v) is 4.31. The van der Waals surface area contributed by atoms with Crippen molar-refractivity contribution in [1.82, 2.24) is 15.1 Å². The van der Waals surface area contributed by atoms with Crippen molar-refractivity contribution < 1.29 is 4.79 Å². The quantitative estimate of drug-likeness (QED) is 0.930. The molecule has 106 valence electrons. The lowest BCUT2D eigenvalue weighted by Gasteiger charge is -2.33. The molecular weight excluding hydrogens is 250 g/mol. The van der Waals surface area contributed by atoms with Crippen LogP contribution < -0.4 is 0 Å². The number of carbonyl (C=O) groups excluding carboxylic acids is 1. The SMILES string of the molecule is CCN(C(=O)c1ccc2cn[nH]c2c1)C1CCCCC1. The van der Waals surface area contributed by atoms with Crippen LogP contribution >= 0.6 is 0 Å². The number of hydrogen-bond acceptors (Lipinski definition) is 2. The van der Waals surface area contributed by atoms with Gasteiger partial charge >= 0.3 is 0 Å². The van der Waals surface area contributed by atoms with Gasteiger partial charge in [0.1, 0.15) is 0 Å². The van der Waals surface area contributed by atoms with Gasteiger partial charge in [0.2, 0.25) is 0 Å². The predicted octanol–water partition coefficient (Wildman–Crippen LogP) is 3.36. The van der Waals surface area contributed by atoms with E-state index in [-0.39, 0.29) is 5.91 Å². The molecule has 2 aromatic rings. The van der Waals surface area contributed by atoms with Crippen LogP contribution in [0.3, 0.4) is 0 Å². The summed E-state index contributed by atoms with van der Waals surface area (Å²) in [7, 11) is 0. The summed E-state index contributed by atoms with van der Waals surface area (Å²) in [6.07, 6.45) is 7.87. The first-order valence-electron chi connectivity index (χ1n) is 7.53. The van der Waals surface area contributed by atoms with E-state index < -0.39 is 0 Å². The molecule has 1 N–H and O–H groups in total. The number of carbonyl (C=O) groups is 1. The number of benzene rings is 1. The third kappa shape index (κ3) is 2.42. The number of nitrogens with one attached hydrogen (secondary N) is 1. The van der Waals surface area contributed by atoms with Crippen LogP contribution in [0, 0.1) is 0 Å². The first kappa shape index (κ1) is 13.2. The molecule has 0 aliphatic heterocycles. The Labute approximate surface area is 119 Å². The molecule has 1 fully saturated rings. The lowest BCUT2D eigenvalue weighted by atomic mass is 9.93. The lowest BCUT2D eigenvalue weighted by molar-refractivity contribution is 0.0648. The van der Waals surface area contributed by atoms with Crippen LogP contribution in [-0.2, 0) is 0 Å². The van der Waals surface area contributed by atoms with E-state index in [0.717, 1.165) is 35.9 Å². The molecule has 0 saturated heterocycles. The normalized spacial score (nSPS) is 16.4. The maximum absolute atomic E-state index is 12.7. The average Bonchev–Trinajstić information content (AvgIpc) is 2.96. The first-order chi connectivity index (χ1) is 9.79. The Morgan fingerprint density at radius 1 is 1.35 bits per heavy atom. The van der Waals surface area contributed by atoms with E-state index in [9.17, 15) is 4.79 Å². The summed E-state index contributed by atoms with van der Waals surface area (Å²) in [5, 5.41) is 7.98. The van der Waals surface area contributed by atoms with Crippen molar-refractivity contribution in [2.45, 2.75) is 45.1 Å². The van der Waals surface area contributed by atoms with E-state index in [2.05, 4.69) is 17.1 Å². The monoisotopic (exact) mass is 271 g/mol. The smallest absolute Gasteiger partial charge is 0.254 e. The minimum absolute atomic E-state index is 0.149. The highest BCUT2D eigenvalue weighted by Crippen LogP contribution is 2.24. The summed E-state index contributed by atoms with van der Waals surface area (Å²) in [6, 6.07) is 6.20. The number of fused-ring (bicyclic) bond motifs is 1. The van der Waals surface area contributed by atoms with Gasteiger partial charge in [0.05, 0.1) is 11.7 Å². The van der Waals surface area contributed by atoms with Crippen LogP contribution in [-0.4, -0.2) is 33.6 Å². The van der Waals surface area contributed by atoms with Gasteiger partial charge < -0.3 is 4.90 Å². The van der Waals surface area contributed by atoms with Gasteiger partial charge in [0.15, 0.2) is 0 Å². The summed E-state index contributed by atoms with van der Waals surface area (Å²) < 4.78 is 0. The van der Waals surface area contributed by atoms with Gasteiger partial charge in [-0.25, -0.2) is 0 Å². The van der Waals surface area contributed by atoms with Gasteiger partial charge in [0.25, 0.3) is 5.91 Å². The number of rotatable bonds is 3. The van der Waals surface area contributed by atoms with Crippen LogP contribution in [0.4, 0.5) is 0 Å². The number of hydrogen-bond donors (Lipinski definition) is 1. The molecule has 0 spiro atoms. The zero-order valence-corrected chi connectivity index (χ0v) is 11.9. The maximum atomic E-state index is 12.7. The average molecular weight is 271 g/mol. The van der Waals surface area contributed by atoms with Crippen molar-refractivity contribution in [1.29, 1.82) is 0 Å². The molecule has 1 heterocycles. The molecule has 0 atom stereocenters. The molecule has 0 radical (unpaired) electrons. The van der Waals surface area contributed by atoms with E-state index in [1.165, 1.54) is 19.3 Å². The summed E-state index contributed by atoms with van der Waals surface area (Å²) in [5.74, 6) is 0.149. The minimum Gasteiger partial charge on any atom is -0.336 e. The molecule has 1 aliphatic rings. The van der Waals surface area contributed by atoms with E-state index >= 15 is 0 Å². The summed E-state index contributed by atoms with van der Waals surface area (Å²) in [5.41, 5.74) is 1.68. The molecule has 1 aliphatic carbocycles. The summed E-state index contributed by atoms with van der Waals surface area (Å²) >= 11 is 0. The van der Waals surface area contributed by atoms with Gasteiger partial charge in [-0.2, -0.15) is 5.10 Å². The van der Waals surface area contributed by atoms with Crippen molar-refractivity contribution >= 4 is 16.8 Å². The van der Waals surface area contributed by atoms with Crippen LogP contribution in [0.5, 0.6) is 0 Å². The zero-order chi connectivity index (χ0) is 13.9. The Bertz CT molecular complexity index is 599. The van der Waals surface area contributed by atoms with Crippen LogP contribution in [0.25, 0.3) is 10.9 Å². The third-order valence-electron chi connectivity index (χ3n) is 4.31. The second-order valence-corrected chi connectivity index (χ2v) is 5.56. The van der Waals surface area contributed by atoms with Gasteiger partial charge in [-0.1, -0.05) is 25.3 Å². The van der Waals surface area contributed by atoms with Crippen LogP contribution in [0.2, 0.25) is 0 Å². The zero-order valence-electron chi connectivity index (χ0n) is 11.9. The largest absolute Gasteiger partial charge is 0.336 e. The molecular formula is C16H21N3O. The second-order valence-electron chi connectivity index (χ2n) is 5.56. The number of H-pyrrole nitrogens is 1. The van der Waals surface area contributed by atoms with Crippen molar-refractivity contribution in [2.75, 3.05) is 6.54 Å². The minimum atomic E-state index is 0.149. The summed E-state index contributed by atoms with van der Waals surface area (Å²) in [4.78, 5) is 14.8. The number of aromatic amines is 1. The highest BCUT2D eigenvalue weighted by Gasteiger charge is 2.25. The molecule has 1 amide bonds. The summed E-state index contributed by atoms with van der Waals surface area (Å²) in [6.45, 7) is 2.85. The Morgan fingerprint density at radius 2 is 2.15 bits per heavy atom. The Morgan fingerprint density at radius 3 is 2.90 bits per heavy atom. The molecule has 4 heteroatoms. The molecule has 1 aromatic carbocycles. The number of nitrogens with zero attached hydrogens (tertiary/aromatic N) is 2. The maximum Gasteiger partial charge on any atom is 0.254 e. The van der Waals surface area contributed by atoms with Crippen molar-refractivity contribution in [2.24, 2.45) is 0 Å². The fourth-order valence-corrected chi connectivity index (χ4v) is 3.20. The molecule has 3 rings (SSSR count). The van der Waals surface area contributed by atoms with E-state index in [1.807, 2.05) is 23.1 Å². The Hall–Kier alpha value is -1.84. The van der Waals surface area contributed by atoms with E-state index in [0.29, 0.717) is 6.04 Å². The van der Waals surface area contributed by atoms with Gasteiger partial charge in [-0.05, 0) is 31.9 Å². The second kappa shape index (κ2) is 5.65. The van der Waals surface area contributed by atoms with Crippen molar-refractivity contribution in [3.05, 3.63) is 30.0 Å². The van der Waals surface area contributed by atoms with Gasteiger partial charge in [-0.3, -0.25) is 9.89 Å². The van der Waals surface area contributed by atoms with Gasteiger partial charge in [0, 0.05) is 23.5 Å². The molecule has 0 bridgehead atoms. The van der Waals surface area contributed by atoms with E-state index in [1.54, 1.807) is 6.20 Å². The molecule has 1 aromatic heterocycles. The first-order valence-corrected chi connectivity index (χ1v) is 7.53. The van der Waals surface area contributed by atoms with Crippen LogP contribution in [0.15, 0.2) is 24.4 Å². The predicted molar refractivity (Wildman–Crippen MR) is 79.7 cm³/mol. The number of aromatic nitrogens is 2. The highest BCUT2D eigenvalue weighted by atomic mass is 16.2. The highest BCUT2D eigenvalue weighted by molar-refractivity contribution is 5.97. The Balaban J connectivity index is 1.84. The number of amides is 1. The fraction of sp³-hybridized carbons (Fsp3) is 0.500. The Kier molecular flexibility index (Phi) is 3.72. The molecule has 4 nitrogen and oxygen atoms in total. The molecule has 1 saturated carbocycles. The van der Waals surface area contributed by atoms with Crippen LogP contribution in [0.1, 0.15) is 49.4 Å². The molecule has 0 unspecified atom stereocenters. The van der Waals surface area contributed by atoms with Crippen molar-refractivity contribution in [3.8, 4) is 0 Å². The molecule has 20 heavy (non-hydrogen) atoms.